The third-order valence-corrected chi connectivity index (χ3v) is 8.67. The van der Waals surface area contributed by atoms with Gasteiger partial charge in [0.2, 0.25) is 0 Å². The van der Waals surface area contributed by atoms with Crippen LogP contribution in [0.25, 0.3) is 22.5 Å². The number of carbonyl (C=O) groups excluding carboxylic acids is 2. The summed E-state index contributed by atoms with van der Waals surface area (Å²) in [7, 11) is 0. The predicted octanol–water partition coefficient (Wildman–Crippen LogP) is 5.54. The van der Waals surface area contributed by atoms with Crippen LogP contribution in [0.5, 0.6) is 0 Å². The van der Waals surface area contributed by atoms with Gasteiger partial charge in [0.05, 0.1) is 16.3 Å². The lowest BCUT2D eigenvalue weighted by Crippen LogP contribution is -2.54. The first-order valence-corrected chi connectivity index (χ1v) is 14.5. The molecule has 7 heteroatoms. The minimum Gasteiger partial charge on any atom is -0.338 e. The van der Waals surface area contributed by atoms with Crippen LogP contribution in [0.3, 0.4) is 0 Å². The number of likely N-dealkylation sites (tertiary alicyclic amines) is 1. The van der Waals surface area contributed by atoms with Gasteiger partial charge in [-0.1, -0.05) is 66.7 Å². The molecule has 0 radical (unpaired) electrons. The average Bonchev–Trinajstić information content (AvgIpc) is 3.56. The highest BCUT2D eigenvalue weighted by molar-refractivity contribution is 7.12. The Hall–Kier alpha value is -3.81. The second-order valence-corrected chi connectivity index (χ2v) is 11.1. The molecule has 0 spiro atoms. The summed E-state index contributed by atoms with van der Waals surface area (Å²) in [5, 5.41) is 1.96. The van der Waals surface area contributed by atoms with E-state index >= 15 is 0 Å². The molecule has 0 aliphatic carbocycles. The van der Waals surface area contributed by atoms with E-state index < -0.39 is 0 Å². The average molecular weight is 537 g/mol. The van der Waals surface area contributed by atoms with E-state index in [9.17, 15) is 9.59 Å². The molecule has 2 amide bonds. The lowest BCUT2D eigenvalue weighted by atomic mass is 10.0. The van der Waals surface area contributed by atoms with Gasteiger partial charge >= 0.3 is 0 Å². The van der Waals surface area contributed by atoms with Gasteiger partial charge in [-0.25, -0.2) is 4.98 Å². The molecule has 4 heterocycles. The van der Waals surface area contributed by atoms with Gasteiger partial charge in [-0.05, 0) is 36.4 Å². The zero-order valence-corrected chi connectivity index (χ0v) is 22.7. The van der Waals surface area contributed by atoms with Crippen molar-refractivity contribution >= 4 is 23.2 Å². The molecule has 39 heavy (non-hydrogen) atoms. The van der Waals surface area contributed by atoms with Crippen LogP contribution in [-0.2, 0) is 0 Å². The van der Waals surface area contributed by atoms with Crippen molar-refractivity contribution < 1.29 is 9.59 Å². The number of hydrogen-bond acceptors (Lipinski definition) is 5. The Bertz CT molecular complexity index is 1350. The van der Waals surface area contributed by atoms with Gasteiger partial charge in [0, 0.05) is 62.0 Å². The highest BCUT2D eigenvalue weighted by Crippen LogP contribution is 2.27. The Labute approximate surface area is 233 Å². The summed E-state index contributed by atoms with van der Waals surface area (Å²) in [6.07, 6.45) is 1.96. The van der Waals surface area contributed by atoms with Crippen LogP contribution in [0.15, 0.2) is 90.3 Å². The number of rotatable bonds is 5. The molecule has 0 N–H and O–H groups in total. The number of thiophene rings is 1. The van der Waals surface area contributed by atoms with Crippen molar-refractivity contribution in [1.29, 1.82) is 0 Å². The van der Waals surface area contributed by atoms with Gasteiger partial charge in [-0.3, -0.25) is 14.5 Å². The Morgan fingerprint density at radius 1 is 0.667 bits per heavy atom. The summed E-state index contributed by atoms with van der Waals surface area (Å²) < 4.78 is 0. The van der Waals surface area contributed by atoms with Crippen molar-refractivity contribution in [3.8, 4) is 22.5 Å². The second-order valence-electron chi connectivity index (χ2n) is 10.2. The van der Waals surface area contributed by atoms with Crippen LogP contribution in [0.4, 0.5) is 0 Å². The first-order valence-electron chi connectivity index (χ1n) is 13.6. The van der Waals surface area contributed by atoms with E-state index in [0.29, 0.717) is 24.7 Å². The van der Waals surface area contributed by atoms with E-state index in [1.54, 1.807) is 0 Å². The molecule has 0 saturated carbocycles. The fourth-order valence-corrected chi connectivity index (χ4v) is 6.32. The standard InChI is InChI=1S/C32H32N4O2S/c37-31(26-22-28(24-8-3-1-4-9-24)33-29(23-26)25-10-5-2-6-11-25)36-19-17-34(18-20-36)27-13-15-35(16-14-27)32(38)30-12-7-21-39-30/h1-12,21-23,27H,13-20H2. The molecule has 0 atom stereocenters. The summed E-state index contributed by atoms with van der Waals surface area (Å²) in [6, 6.07) is 28.2. The highest BCUT2D eigenvalue weighted by atomic mass is 32.1. The summed E-state index contributed by atoms with van der Waals surface area (Å²) in [4.78, 5) is 38.6. The number of piperazine rings is 1. The quantitative estimate of drug-likeness (QED) is 0.336. The first-order chi connectivity index (χ1) is 19.2. The van der Waals surface area contributed by atoms with E-state index in [1.165, 1.54) is 11.3 Å². The SMILES string of the molecule is O=C(c1cc(-c2ccccc2)nc(-c2ccccc2)c1)N1CCN(C2CCN(C(=O)c3cccs3)CC2)CC1. The zero-order chi connectivity index (χ0) is 26.6. The molecule has 2 saturated heterocycles. The van der Waals surface area contributed by atoms with E-state index in [-0.39, 0.29) is 11.8 Å². The molecule has 0 bridgehead atoms. The number of pyridine rings is 1. The first kappa shape index (κ1) is 25.5. The molecular weight excluding hydrogens is 504 g/mol. The number of nitrogens with zero attached hydrogens (tertiary/aromatic N) is 4. The van der Waals surface area contributed by atoms with Crippen LogP contribution < -0.4 is 0 Å². The smallest absolute Gasteiger partial charge is 0.263 e. The van der Waals surface area contributed by atoms with Crippen molar-refractivity contribution in [2.24, 2.45) is 0 Å². The van der Waals surface area contributed by atoms with Crippen LogP contribution in [-0.4, -0.2) is 76.8 Å². The number of carbonyl (C=O) groups is 2. The lowest BCUT2D eigenvalue weighted by Gasteiger charge is -2.42. The lowest BCUT2D eigenvalue weighted by molar-refractivity contribution is 0.0413. The third kappa shape index (κ3) is 5.65. The van der Waals surface area contributed by atoms with E-state index in [2.05, 4.69) is 4.90 Å². The van der Waals surface area contributed by atoms with E-state index in [0.717, 1.165) is 66.4 Å². The Kier molecular flexibility index (Phi) is 7.52. The van der Waals surface area contributed by atoms with Gasteiger partial charge < -0.3 is 9.80 Å². The van der Waals surface area contributed by atoms with Crippen LogP contribution >= 0.6 is 11.3 Å². The van der Waals surface area contributed by atoms with Gasteiger partial charge in [0.25, 0.3) is 11.8 Å². The van der Waals surface area contributed by atoms with Crippen molar-refractivity contribution in [3.05, 3.63) is 101 Å². The molecule has 2 aromatic carbocycles. The number of aromatic nitrogens is 1. The number of benzene rings is 2. The van der Waals surface area contributed by atoms with Crippen molar-refractivity contribution in [2.75, 3.05) is 39.3 Å². The molecule has 2 aromatic heterocycles. The van der Waals surface area contributed by atoms with Gasteiger partial charge in [0.15, 0.2) is 0 Å². The maximum atomic E-state index is 13.7. The van der Waals surface area contributed by atoms with Crippen LogP contribution in [0.2, 0.25) is 0 Å². The van der Waals surface area contributed by atoms with Gasteiger partial charge in [0.1, 0.15) is 0 Å². The molecule has 2 aliphatic heterocycles. The van der Waals surface area contributed by atoms with Gasteiger partial charge in [-0.15, -0.1) is 11.3 Å². The topological polar surface area (TPSA) is 56.8 Å². The minimum atomic E-state index is 0.0581. The molecule has 4 aromatic rings. The molecular formula is C32H32N4O2S. The maximum absolute atomic E-state index is 13.7. The molecule has 6 rings (SSSR count). The number of amides is 2. The summed E-state index contributed by atoms with van der Waals surface area (Å²) in [5.41, 5.74) is 4.29. The van der Waals surface area contributed by atoms with Gasteiger partial charge in [-0.2, -0.15) is 0 Å². The summed E-state index contributed by atoms with van der Waals surface area (Å²) in [6.45, 7) is 4.72. The number of hydrogen-bond donors (Lipinski definition) is 0. The number of piperidine rings is 1. The summed E-state index contributed by atoms with van der Waals surface area (Å²) in [5.74, 6) is 0.212. The fourth-order valence-electron chi connectivity index (χ4n) is 5.63. The molecule has 2 fully saturated rings. The predicted molar refractivity (Wildman–Crippen MR) is 156 cm³/mol. The maximum Gasteiger partial charge on any atom is 0.263 e. The third-order valence-electron chi connectivity index (χ3n) is 7.81. The summed E-state index contributed by atoms with van der Waals surface area (Å²) >= 11 is 1.51. The Morgan fingerprint density at radius 3 is 1.77 bits per heavy atom. The normalized spacial score (nSPS) is 16.8. The second kappa shape index (κ2) is 11.5. The van der Waals surface area contributed by atoms with Crippen molar-refractivity contribution in [3.63, 3.8) is 0 Å². The van der Waals surface area contributed by atoms with E-state index in [4.69, 9.17) is 4.98 Å². The molecule has 6 nitrogen and oxygen atoms in total. The largest absolute Gasteiger partial charge is 0.338 e. The van der Waals surface area contributed by atoms with E-state index in [1.807, 2.05) is 100 Å². The fraction of sp³-hybridized carbons (Fsp3) is 0.281. The van der Waals surface area contributed by atoms with Crippen molar-refractivity contribution in [1.82, 2.24) is 19.7 Å². The molecule has 198 valence electrons. The Morgan fingerprint density at radius 2 is 1.23 bits per heavy atom. The van der Waals surface area contributed by atoms with Crippen molar-refractivity contribution in [2.45, 2.75) is 18.9 Å². The monoisotopic (exact) mass is 536 g/mol. The zero-order valence-electron chi connectivity index (χ0n) is 21.9. The molecule has 0 unspecified atom stereocenters. The van der Waals surface area contributed by atoms with Crippen LogP contribution in [0, 0.1) is 0 Å². The molecule has 2 aliphatic rings. The minimum absolute atomic E-state index is 0.0581. The highest BCUT2D eigenvalue weighted by Gasteiger charge is 2.31. The Balaban J connectivity index is 1.12. The van der Waals surface area contributed by atoms with Crippen LogP contribution in [0.1, 0.15) is 32.9 Å².